The minimum absolute atomic E-state index is 0.440. The summed E-state index contributed by atoms with van der Waals surface area (Å²) in [5.74, 6) is 7.76. The lowest BCUT2D eigenvalue weighted by atomic mass is 9.85. The largest absolute Gasteiger partial charge is 0.492 e. The molecule has 2 aromatic heterocycles. The Labute approximate surface area is 170 Å². The van der Waals surface area contributed by atoms with E-state index in [9.17, 15) is 0 Å². The van der Waals surface area contributed by atoms with Crippen LogP contribution >= 0.6 is 0 Å². The molecule has 1 spiro atoms. The van der Waals surface area contributed by atoms with Gasteiger partial charge in [0.05, 0.1) is 19.4 Å². The maximum Gasteiger partial charge on any atom is 0.142 e. The number of likely N-dealkylation sites (tertiary alicyclic amines) is 1. The average Bonchev–Trinajstić information content (AvgIpc) is 3.30. The Bertz CT molecular complexity index is 1070. The molecule has 0 saturated carbocycles. The van der Waals surface area contributed by atoms with Gasteiger partial charge in [0.1, 0.15) is 23.8 Å². The molecule has 0 unspecified atom stereocenters. The van der Waals surface area contributed by atoms with Crippen LogP contribution in [0, 0.1) is 17.3 Å². The van der Waals surface area contributed by atoms with Crippen molar-refractivity contribution in [1.29, 1.82) is 0 Å². The van der Waals surface area contributed by atoms with Crippen molar-refractivity contribution >= 4 is 11.5 Å². The molecule has 0 bridgehead atoms. The summed E-state index contributed by atoms with van der Waals surface area (Å²) in [6.07, 6.45) is 4.97. The zero-order valence-corrected chi connectivity index (χ0v) is 16.3. The number of hydrogen-bond donors (Lipinski definition) is 1. The van der Waals surface area contributed by atoms with Gasteiger partial charge in [-0.3, -0.25) is 4.90 Å². The van der Waals surface area contributed by atoms with Gasteiger partial charge in [-0.2, -0.15) is 0 Å². The van der Waals surface area contributed by atoms with Gasteiger partial charge in [0, 0.05) is 35.8 Å². The summed E-state index contributed by atoms with van der Waals surface area (Å²) in [4.78, 5) is 6.70. The molecule has 2 fully saturated rings. The third-order valence-corrected chi connectivity index (χ3v) is 5.69. The Morgan fingerprint density at radius 3 is 2.62 bits per heavy atom. The van der Waals surface area contributed by atoms with Crippen LogP contribution < -0.4 is 10.5 Å². The molecule has 2 N–H and O–H groups in total. The highest BCUT2D eigenvalue weighted by atomic mass is 16.5. The van der Waals surface area contributed by atoms with Crippen LogP contribution in [0.5, 0.6) is 5.75 Å². The Kier molecular flexibility index (Phi) is 4.62. The zero-order chi connectivity index (χ0) is 19.7. The highest BCUT2D eigenvalue weighted by Crippen LogP contribution is 2.37. The predicted molar refractivity (Wildman–Crippen MR) is 112 cm³/mol. The van der Waals surface area contributed by atoms with E-state index >= 15 is 0 Å². The van der Waals surface area contributed by atoms with Crippen LogP contribution in [-0.2, 0) is 4.74 Å². The molecule has 29 heavy (non-hydrogen) atoms. The van der Waals surface area contributed by atoms with Gasteiger partial charge in [-0.1, -0.05) is 11.8 Å². The Hall–Kier alpha value is -3.01. The molecule has 1 aromatic carbocycles. The maximum absolute atomic E-state index is 5.91. The zero-order valence-electron chi connectivity index (χ0n) is 16.3. The number of pyridine rings is 1. The van der Waals surface area contributed by atoms with Crippen molar-refractivity contribution in [3.63, 3.8) is 0 Å². The molecule has 2 aliphatic rings. The van der Waals surface area contributed by atoms with E-state index < -0.39 is 0 Å². The van der Waals surface area contributed by atoms with Gasteiger partial charge in [-0.05, 0) is 49.4 Å². The fraction of sp³-hybridized carbons (Fsp3) is 0.348. The van der Waals surface area contributed by atoms with E-state index in [0.717, 1.165) is 55.4 Å². The van der Waals surface area contributed by atoms with Crippen molar-refractivity contribution in [1.82, 2.24) is 14.3 Å². The number of aromatic nitrogens is 2. The minimum atomic E-state index is 0.440. The van der Waals surface area contributed by atoms with Crippen molar-refractivity contribution in [2.24, 2.45) is 5.41 Å². The first-order valence-electron chi connectivity index (χ1n) is 9.97. The molecule has 2 saturated heterocycles. The number of nitrogens with two attached hydrogens (primary N) is 1. The summed E-state index contributed by atoms with van der Waals surface area (Å²) in [5.41, 5.74) is 8.85. The second-order valence-electron chi connectivity index (χ2n) is 7.99. The molecule has 5 rings (SSSR count). The van der Waals surface area contributed by atoms with Crippen LogP contribution in [0.3, 0.4) is 0 Å². The lowest BCUT2D eigenvalue weighted by Crippen LogP contribution is -2.44. The van der Waals surface area contributed by atoms with Crippen molar-refractivity contribution in [2.75, 3.05) is 45.2 Å². The second kappa shape index (κ2) is 7.43. The number of hydrogen-bond acceptors (Lipinski definition) is 5. The number of nitrogens with zero attached hydrogens (tertiary/aromatic N) is 3. The Morgan fingerprint density at radius 2 is 1.86 bits per heavy atom. The fourth-order valence-electron chi connectivity index (χ4n) is 4.00. The molecule has 3 aromatic rings. The van der Waals surface area contributed by atoms with E-state index in [1.807, 2.05) is 47.0 Å². The van der Waals surface area contributed by atoms with Crippen molar-refractivity contribution in [3.8, 4) is 17.6 Å². The van der Waals surface area contributed by atoms with E-state index in [1.165, 1.54) is 6.42 Å². The molecule has 4 heterocycles. The highest BCUT2D eigenvalue weighted by molar-refractivity contribution is 5.51. The quantitative estimate of drug-likeness (QED) is 0.696. The summed E-state index contributed by atoms with van der Waals surface area (Å²) in [6.45, 7) is 5.82. The van der Waals surface area contributed by atoms with E-state index in [1.54, 1.807) is 6.20 Å². The number of anilines is 1. The Morgan fingerprint density at radius 1 is 1.07 bits per heavy atom. The van der Waals surface area contributed by atoms with E-state index in [4.69, 9.17) is 15.2 Å². The lowest BCUT2D eigenvalue weighted by Gasteiger charge is -2.37. The number of imidazole rings is 1. The lowest BCUT2D eigenvalue weighted by molar-refractivity contribution is -0.105. The maximum atomic E-state index is 5.91. The summed E-state index contributed by atoms with van der Waals surface area (Å²) in [6, 6.07) is 11.8. The molecule has 0 aliphatic carbocycles. The predicted octanol–water partition coefficient (Wildman–Crippen LogP) is 2.42. The molecule has 6 heteroatoms. The smallest absolute Gasteiger partial charge is 0.142 e. The SMILES string of the molecule is Nc1cn2cc(C#Cc3ccc(OCCN4CCC5(COC5)C4)cc3)ccc2n1. The van der Waals surface area contributed by atoms with Gasteiger partial charge in [0.15, 0.2) is 0 Å². The summed E-state index contributed by atoms with van der Waals surface area (Å²) < 4.78 is 13.2. The molecule has 2 aliphatic heterocycles. The van der Waals surface area contributed by atoms with Gasteiger partial charge in [0.2, 0.25) is 0 Å². The van der Waals surface area contributed by atoms with Crippen molar-refractivity contribution in [2.45, 2.75) is 6.42 Å². The van der Waals surface area contributed by atoms with Crippen molar-refractivity contribution < 1.29 is 9.47 Å². The van der Waals surface area contributed by atoms with Gasteiger partial charge < -0.3 is 19.6 Å². The van der Waals surface area contributed by atoms with Crippen LogP contribution in [0.15, 0.2) is 48.8 Å². The highest BCUT2D eigenvalue weighted by Gasteiger charge is 2.44. The Balaban J connectivity index is 1.14. The number of nitrogen functional groups attached to an aromatic ring is 1. The number of rotatable bonds is 4. The third-order valence-electron chi connectivity index (χ3n) is 5.69. The number of fused-ring (bicyclic) bond motifs is 1. The number of ether oxygens (including phenoxy) is 2. The van der Waals surface area contributed by atoms with Crippen LogP contribution in [-0.4, -0.2) is 53.7 Å². The molecule has 0 amide bonds. The van der Waals surface area contributed by atoms with Crippen LogP contribution in [0.25, 0.3) is 5.65 Å². The van der Waals surface area contributed by atoms with Crippen LogP contribution in [0.4, 0.5) is 5.82 Å². The van der Waals surface area contributed by atoms with Crippen molar-refractivity contribution in [3.05, 3.63) is 59.9 Å². The standard InChI is InChI=1S/C23H24N4O2/c24-21-14-27-13-19(5-8-22(27)25-21)2-1-18-3-6-20(7-4-18)29-12-11-26-10-9-23(15-26)16-28-17-23/h3-8,13-14H,9-12,15-17,24H2. The molecular weight excluding hydrogens is 364 g/mol. The molecule has 0 atom stereocenters. The molecular formula is C23H24N4O2. The van der Waals surface area contributed by atoms with Gasteiger partial charge in [-0.25, -0.2) is 4.98 Å². The molecule has 0 radical (unpaired) electrons. The summed E-state index contributed by atoms with van der Waals surface area (Å²) in [7, 11) is 0. The summed E-state index contributed by atoms with van der Waals surface area (Å²) >= 11 is 0. The van der Waals surface area contributed by atoms with E-state index in [0.29, 0.717) is 17.8 Å². The van der Waals surface area contributed by atoms with Gasteiger partial charge >= 0.3 is 0 Å². The first-order valence-corrected chi connectivity index (χ1v) is 9.97. The normalized spacial score (nSPS) is 17.8. The van der Waals surface area contributed by atoms with Gasteiger partial charge in [-0.15, -0.1) is 0 Å². The first-order chi connectivity index (χ1) is 14.2. The topological polar surface area (TPSA) is 65.0 Å². The summed E-state index contributed by atoms with van der Waals surface area (Å²) in [5, 5.41) is 0. The van der Waals surface area contributed by atoms with Crippen LogP contribution in [0.1, 0.15) is 17.5 Å². The minimum Gasteiger partial charge on any atom is -0.492 e. The fourth-order valence-corrected chi connectivity index (χ4v) is 4.00. The van der Waals surface area contributed by atoms with Crippen LogP contribution in [0.2, 0.25) is 0 Å². The number of benzene rings is 1. The van der Waals surface area contributed by atoms with E-state index in [-0.39, 0.29) is 0 Å². The van der Waals surface area contributed by atoms with Gasteiger partial charge in [0.25, 0.3) is 0 Å². The molecule has 148 valence electrons. The third kappa shape index (κ3) is 3.93. The average molecular weight is 388 g/mol. The second-order valence-corrected chi connectivity index (χ2v) is 7.99. The molecule has 6 nitrogen and oxygen atoms in total. The first kappa shape index (κ1) is 18.0. The monoisotopic (exact) mass is 388 g/mol. The van der Waals surface area contributed by atoms with E-state index in [2.05, 4.69) is 21.7 Å².